The summed E-state index contributed by atoms with van der Waals surface area (Å²) in [5.41, 5.74) is 0. The molecule has 0 saturated carbocycles. The van der Waals surface area contributed by atoms with Crippen molar-refractivity contribution in [3.8, 4) is 0 Å². The summed E-state index contributed by atoms with van der Waals surface area (Å²) >= 11 is 0. The minimum Gasteiger partial charge on any atom is -0.341 e. The summed E-state index contributed by atoms with van der Waals surface area (Å²) in [6.45, 7) is 8.58. The van der Waals surface area contributed by atoms with Gasteiger partial charge < -0.3 is 9.80 Å². The molecule has 0 atom stereocenters. The zero-order chi connectivity index (χ0) is 14.3. The molecule has 0 aliphatic carbocycles. The van der Waals surface area contributed by atoms with E-state index in [1.54, 1.807) is 11.8 Å². The fourth-order valence-corrected chi connectivity index (χ4v) is 2.42. The van der Waals surface area contributed by atoms with E-state index in [0.29, 0.717) is 6.54 Å². The molecule has 4 heteroatoms. The molecule has 0 aromatic heterocycles. The summed E-state index contributed by atoms with van der Waals surface area (Å²) in [5, 5.41) is 0. The number of likely N-dealkylation sites (tertiary alicyclic amines) is 1. The summed E-state index contributed by atoms with van der Waals surface area (Å²) in [6.07, 6.45) is 5.40. The number of amides is 2. The molecular weight excluding hydrogens is 240 g/mol. The molecule has 1 rings (SSSR count). The minimum atomic E-state index is 0.00910. The molecule has 0 bridgehead atoms. The van der Waals surface area contributed by atoms with E-state index in [4.69, 9.17) is 0 Å². The third-order valence-electron chi connectivity index (χ3n) is 3.94. The van der Waals surface area contributed by atoms with E-state index < -0.39 is 0 Å². The fourth-order valence-electron chi connectivity index (χ4n) is 2.42. The number of carbonyl (C=O) groups excluding carboxylic acids is 2. The van der Waals surface area contributed by atoms with Gasteiger partial charge in [0.05, 0.1) is 6.54 Å². The highest BCUT2D eigenvalue weighted by Crippen LogP contribution is 2.16. The predicted octanol–water partition coefficient (Wildman–Crippen LogP) is 2.28. The molecule has 0 radical (unpaired) electrons. The van der Waals surface area contributed by atoms with E-state index in [9.17, 15) is 9.59 Å². The Morgan fingerprint density at radius 1 is 1.21 bits per heavy atom. The molecular formula is C15H28N2O2. The fraction of sp³-hybridized carbons (Fsp3) is 0.867. The summed E-state index contributed by atoms with van der Waals surface area (Å²) in [7, 11) is 0. The van der Waals surface area contributed by atoms with Gasteiger partial charge in [-0.1, -0.05) is 26.7 Å². The average molecular weight is 268 g/mol. The van der Waals surface area contributed by atoms with Crippen LogP contribution in [-0.2, 0) is 9.59 Å². The van der Waals surface area contributed by atoms with Gasteiger partial charge >= 0.3 is 0 Å². The quantitative estimate of drug-likeness (QED) is 0.693. The lowest BCUT2D eigenvalue weighted by Crippen LogP contribution is -2.45. The van der Waals surface area contributed by atoms with Gasteiger partial charge in [0.2, 0.25) is 11.8 Å². The Morgan fingerprint density at radius 2 is 1.84 bits per heavy atom. The summed E-state index contributed by atoms with van der Waals surface area (Å²) in [5.74, 6) is 0.839. The highest BCUT2D eigenvalue weighted by molar-refractivity contribution is 5.83. The number of hydrogen-bond donors (Lipinski definition) is 0. The number of piperidine rings is 1. The molecule has 1 saturated heterocycles. The van der Waals surface area contributed by atoms with Crippen molar-refractivity contribution >= 4 is 11.8 Å². The molecule has 19 heavy (non-hydrogen) atoms. The van der Waals surface area contributed by atoms with Gasteiger partial charge in [-0.3, -0.25) is 9.59 Å². The molecule has 0 N–H and O–H groups in total. The zero-order valence-corrected chi connectivity index (χ0v) is 12.7. The van der Waals surface area contributed by atoms with Crippen molar-refractivity contribution in [1.82, 2.24) is 9.80 Å². The van der Waals surface area contributed by atoms with Crippen LogP contribution in [0.3, 0.4) is 0 Å². The van der Waals surface area contributed by atoms with Crippen molar-refractivity contribution in [3.63, 3.8) is 0 Å². The number of carbonyl (C=O) groups is 2. The third kappa shape index (κ3) is 5.62. The van der Waals surface area contributed by atoms with Crippen molar-refractivity contribution in [2.75, 3.05) is 26.2 Å². The first-order valence-corrected chi connectivity index (χ1v) is 7.57. The Morgan fingerprint density at radius 3 is 2.37 bits per heavy atom. The molecule has 1 aliphatic rings. The van der Waals surface area contributed by atoms with E-state index in [2.05, 4.69) is 13.8 Å². The molecule has 1 aliphatic heterocycles. The van der Waals surface area contributed by atoms with Gasteiger partial charge in [-0.15, -0.1) is 0 Å². The summed E-state index contributed by atoms with van der Waals surface area (Å²) in [6, 6.07) is 0. The van der Waals surface area contributed by atoms with Crippen LogP contribution in [0, 0.1) is 5.92 Å². The van der Waals surface area contributed by atoms with E-state index in [1.165, 1.54) is 0 Å². The number of hydrogen-bond acceptors (Lipinski definition) is 2. The van der Waals surface area contributed by atoms with Crippen molar-refractivity contribution in [2.24, 2.45) is 5.92 Å². The van der Waals surface area contributed by atoms with Crippen LogP contribution in [0.15, 0.2) is 0 Å². The lowest BCUT2D eigenvalue weighted by molar-refractivity contribution is -0.140. The largest absolute Gasteiger partial charge is 0.341 e. The molecule has 1 fully saturated rings. The Bertz CT molecular complexity index is 297. The van der Waals surface area contributed by atoms with Gasteiger partial charge in [-0.05, 0) is 25.2 Å². The maximum Gasteiger partial charge on any atom is 0.242 e. The number of nitrogens with zero attached hydrogens (tertiary/aromatic N) is 2. The van der Waals surface area contributed by atoms with Crippen LogP contribution >= 0.6 is 0 Å². The van der Waals surface area contributed by atoms with Crippen LogP contribution in [-0.4, -0.2) is 47.8 Å². The Kier molecular flexibility index (Phi) is 6.89. The van der Waals surface area contributed by atoms with Crippen LogP contribution in [0.25, 0.3) is 0 Å². The van der Waals surface area contributed by atoms with Gasteiger partial charge in [0.1, 0.15) is 0 Å². The van der Waals surface area contributed by atoms with E-state index in [-0.39, 0.29) is 18.4 Å². The molecule has 0 aromatic rings. The standard InChI is InChI=1S/C15H28N2O2/c1-4-5-6-9-17(14(3)18)12-15(19)16-10-7-13(2)8-11-16/h13H,4-12H2,1-3H3. The Balaban J connectivity index is 2.40. The van der Waals surface area contributed by atoms with Gasteiger partial charge in [0, 0.05) is 26.6 Å². The van der Waals surface area contributed by atoms with Gasteiger partial charge in [0.15, 0.2) is 0 Å². The molecule has 2 amide bonds. The first-order chi connectivity index (χ1) is 9.04. The lowest BCUT2D eigenvalue weighted by Gasteiger charge is -2.32. The van der Waals surface area contributed by atoms with Crippen molar-refractivity contribution < 1.29 is 9.59 Å². The summed E-state index contributed by atoms with van der Waals surface area (Å²) in [4.78, 5) is 27.4. The van der Waals surface area contributed by atoms with Gasteiger partial charge in [-0.25, -0.2) is 0 Å². The maximum atomic E-state index is 12.2. The first-order valence-electron chi connectivity index (χ1n) is 7.57. The second-order valence-electron chi connectivity index (χ2n) is 5.71. The van der Waals surface area contributed by atoms with Crippen molar-refractivity contribution in [1.29, 1.82) is 0 Å². The molecule has 0 spiro atoms. The number of unbranched alkanes of at least 4 members (excludes halogenated alkanes) is 2. The van der Waals surface area contributed by atoms with Crippen LogP contribution in [0.4, 0.5) is 0 Å². The predicted molar refractivity (Wildman–Crippen MR) is 76.8 cm³/mol. The van der Waals surface area contributed by atoms with Gasteiger partial charge in [-0.2, -0.15) is 0 Å². The lowest BCUT2D eigenvalue weighted by atomic mass is 9.99. The van der Waals surface area contributed by atoms with Crippen LogP contribution in [0.5, 0.6) is 0 Å². The third-order valence-corrected chi connectivity index (χ3v) is 3.94. The second-order valence-corrected chi connectivity index (χ2v) is 5.71. The van der Waals surface area contributed by atoms with E-state index >= 15 is 0 Å². The smallest absolute Gasteiger partial charge is 0.242 e. The highest BCUT2D eigenvalue weighted by atomic mass is 16.2. The minimum absolute atomic E-state index is 0.00910. The van der Waals surface area contributed by atoms with Gasteiger partial charge in [0.25, 0.3) is 0 Å². The van der Waals surface area contributed by atoms with Crippen molar-refractivity contribution in [3.05, 3.63) is 0 Å². The Hall–Kier alpha value is -1.06. The summed E-state index contributed by atoms with van der Waals surface area (Å²) < 4.78 is 0. The van der Waals surface area contributed by atoms with Crippen LogP contribution < -0.4 is 0 Å². The Labute approximate surface area is 117 Å². The average Bonchev–Trinajstić information content (AvgIpc) is 2.38. The molecule has 0 aromatic carbocycles. The van der Waals surface area contributed by atoms with E-state index in [1.807, 2.05) is 4.90 Å². The SMILES string of the molecule is CCCCCN(CC(=O)N1CCC(C)CC1)C(C)=O. The highest BCUT2D eigenvalue weighted by Gasteiger charge is 2.22. The van der Waals surface area contributed by atoms with Crippen LogP contribution in [0.2, 0.25) is 0 Å². The second kappa shape index (κ2) is 8.18. The zero-order valence-electron chi connectivity index (χ0n) is 12.7. The maximum absolute atomic E-state index is 12.2. The molecule has 0 unspecified atom stereocenters. The topological polar surface area (TPSA) is 40.6 Å². The first kappa shape index (κ1) is 16.0. The molecule has 1 heterocycles. The van der Waals surface area contributed by atoms with Crippen LogP contribution in [0.1, 0.15) is 52.9 Å². The monoisotopic (exact) mass is 268 g/mol. The molecule has 4 nitrogen and oxygen atoms in total. The van der Waals surface area contributed by atoms with Crippen molar-refractivity contribution in [2.45, 2.75) is 52.9 Å². The van der Waals surface area contributed by atoms with E-state index in [0.717, 1.165) is 51.1 Å². The molecule has 110 valence electrons. The number of rotatable bonds is 6. The normalized spacial score (nSPS) is 16.5.